The monoisotopic (exact) mass is 429 g/mol. The summed E-state index contributed by atoms with van der Waals surface area (Å²) in [7, 11) is -1.86. The van der Waals surface area contributed by atoms with Crippen LogP contribution in [0.25, 0.3) is 0 Å². The van der Waals surface area contributed by atoms with Crippen molar-refractivity contribution in [3.05, 3.63) is 35.9 Å². The van der Waals surface area contributed by atoms with E-state index in [0.29, 0.717) is 19.8 Å². The Hall–Kier alpha value is -0.750. The molecule has 29 heavy (non-hydrogen) atoms. The van der Waals surface area contributed by atoms with Gasteiger partial charge in [-0.05, 0) is 45.6 Å². The van der Waals surface area contributed by atoms with Crippen molar-refractivity contribution in [1.29, 1.82) is 0 Å². The molecule has 0 aromatic heterocycles. The van der Waals surface area contributed by atoms with Crippen LogP contribution in [0.5, 0.6) is 0 Å². The van der Waals surface area contributed by atoms with Gasteiger partial charge in [-0.25, -0.2) is 0 Å². The van der Waals surface area contributed by atoms with Crippen molar-refractivity contribution >= 4 is 7.60 Å². The minimum Gasteiger partial charge on any atom is -0.382 e. The highest BCUT2D eigenvalue weighted by Gasteiger charge is 2.51. The Morgan fingerprint density at radius 1 is 0.966 bits per heavy atom. The lowest BCUT2D eigenvalue weighted by Crippen LogP contribution is -2.54. The average molecular weight is 430 g/mol. The van der Waals surface area contributed by atoms with E-state index < -0.39 is 24.3 Å². The molecule has 0 saturated carbocycles. The largest absolute Gasteiger partial charge is 0.382 e. The van der Waals surface area contributed by atoms with Gasteiger partial charge in [-0.15, -0.1) is 0 Å². The topological polar surface area (TPSA) is 57.2 Å². The minimum atomic E-state index is -3.51. The molecule has 7 heteroatoms. The highest BCUT2D eigenvalue weighted by atomic mass is 31.2. The number of hydrogen-bond donors (Lipinski definition) is 0. The fraction of sp³-hybridized carbons (Fsp3) is 0.727. The second kappa shape index (κ2) is 11.0. The van der Waals surface area contributed by atoms with E-state index in [1.54, 1.807) is 12.2 Å². The summed E-state index contributed by atoms with van der Waals surface area (Å²) in [5.74, 6) is -0.613. The van der Waals surface area contributed by atoms with Crippen molar-refractivity contribution in [2.75, 3.05) is 26.9 Å². The van der Waals surface area contributed by atoms with Crippen LogP contribution in [0.2, 0.25) is 0 Å². The number of hydrogen-bond acceptors (Lipinski definition) is 6. The molecule has 1 aromatic rings. The predicted molar refractivity (Wildman–Crippen MR) is 118 cm³/mol. The molecular formula is C22H40NO5P. The Morgan fingerprint density at radius 2 is 1.48 bits per heavy atom. The number of ether oxygens (including phenoxy) is 1. The zero-order valence-corrected chi connectivity index (χ0v) is 20.5. The normalized spacial score (nSPS) is 15.5. The maximum Gasteiger partial charge on any atom is 0.350 e. The molecule has 0 spiro atoms. The van der Waals surface area contributed by atoms with Gasteiger partial charge >= 0.3 is 7.60 Å². The lowest BCUT2D eigenvalue weighted by atomic mass is 9.94. The van der Waals surface area contributed by atoms with Gasteiger partial charge in [0.1, 0.15) is 11.9 Å². The first kappa shape index (κ1) is 26.3. The number of methoxy groups -OCH3 is 1. The second-order valence-electron chi connectivity index (χ2n) is 9.07. The lowest BCUT2D eigenvalue weighted by Gasteiger charge is -2.48. The predicted octanol–water partition coefficient (Wildman–Crippen LogP) is 6.04. The third-order valence-corrected chi connectivity index (χ3v) is 7.13. The van der Waals surface area contributed by atoms with Crippen LogP contribution >= 0.6 is 7.60 Å². The van der Waals surface area contributed by atoms with Crippen molar-refractivity contribution in [1.82, 2.24) is 5.06 Å². The molecule has 0 saturated heterocycles. The van der Waals surface area contributed by atoms with E-state index in [0.717, 1.165) is 5.56 Å². The second-order valence-corrected chi connectivity index (χ2v) is 11.2. The Labute approximate surface area is 177 Å². The Morgan fingerprint density at radius 3 is 1.86 bits per heavy atom. The van der Waals surface area contributed by atoms with Gasteiger partial charge < -0.3 is 13.8 Å². The first-order valence-corrected chi connectivity index (χ1v) is 11.9. The van der Waals surface area contributed by atoms with Crippen LogP contribution in [0, 0.1) is 5.41 Å². The summed E-state index contributed by atoms with van der Waals surface area (Å²) in [6.07, 6.45) is -0.359. The van der Waals surface area contributed by atoms with Crippen molar-refractivity contribution in [2.45, 2.75) is 72.8 Å². The van der Waals surface area contributed by atoms with Gasteiger partial charge in [0.2, 0.25) is 0 Å². The van der Waals surface area contributed by atoms with Gasteiger partial charge in [0.05, 0.1) is 19.8 Å². The fourth-order valence-electron chi connectivity index (χ4n) is 3.22. The molecule has 2 atom stereocenters. The summed E-state index contributed by atoms with van der Waals surface area (Å²) >= 11 is 0. The minimum absolute atomic E-state index is 0.294. The molecule has 0 heterocycles. The molecular weight excluding hydrogens is 389 g/mol. The zero-order chi connectivity index (χ0) is 22.3. The molecule has 1 rings (SSSR count). The van der Waals surface area contributed by atoms with E-state index in [9.17, 15) is 4.57 Å². The molecule has 0 bridgehead atoms. The molecule has 0 aliphatic carbocycles. The van der Waals surface area contributed by atoms with Crippen molar-refractivity contribution in [3.8, 4) is 0 Å². The molecule has 0 fully saturated rings. The van der Waals surface area contributed by atoms with Crippen molar-refractivity contribution in [2.24, 2.45) is 5.41 Å². The molecule has 168 valence electrons. The maximum absolute atomic E-state index is 13.9. The maximum atomic E-state index is 13.9. The smallest absolute Gasteiger partial charge is 0.350 e. The zero-order valence-electron chi connectivity index (χ0n) is 19.6. The number of hydroxylamine groups is 2. The van der Waals surface area contributed by atoms with Crippen LogP contribution < -0.4 is 0 Å². The van der Waals surface area contributed by atoms with Crippen LogP contribution in [0.4, 0.5) is 0 Å². The average Bonchev–Trinajstić information content (AvgIpc) is 2.59. The van der Waals surface area contributed by atoms with Crippen LogP contribution in [-0.4, -0.2) is 43.3 Å². The van der Waals surface area contributed by atoms with Crippen molar-refractivity contribution < 1.29 is 23.2 Å². The van der Waals surface area contributed by atoms with E-state index in [4.69, 9.17) is 18.6 Å². The molecule has 0 aliphatic rings. The van der Waals surface area contributed by atoms with Gasteiger partial charge in [0.25, 0.3) is 0 Å². The number of benzene rings is 1. The Bertz CT molecular complexity index is 629. The van der Waals surface area contributed by atoms with Gasteiger partial charge in [0, 0.05) is 12.6 Å². The first-order valence-electron chi connectivity index (χ1n) is 10.3. The number of rotatable bonds is 11. The number of nitrogens with zero attached hydrogens (tertiary/aromatic N) is 1. The molecule has 6 nitrogen and oxygen atoms in total. The molecule has 0 amide bonds. The van der Waals surface area contributed by atoms with E-state index in [1.807, 2.05) is 85.7 Å². The summed E-state index contributed by atoms with van der Waals surface area (Å²) in [5.41, 5.74) is 0.0724. The van der Waals surface area contributed by atoms with E-state index in [1.165, 1.54) is 0 Å². The van der Waals surface area contributed by atoms with E-state index in [-0.39, 0.29) is 6.10 Å². The van der Waals surface area contributed by atoms with Crippen LogP contribution in [-0.2, 0) is 23.2 Å². The summed E-state index contributed by atoms with van der Waals surface area (Å²) in [6.45, 7) is 16.8. The molecule has 0 unspecified atom stereocenters. The third kappa shape index (κ3) is 7.46. The summed E-state index contributed by atoms with van der Waals surface area (Å²) in [4.78, 5) is 6.55. The van der Waals surface area contributed by atoms with Crippen molar-refractivity contribution in [3.63, 3.8) is 0 Å². The van der Waals surface area contributed by atoms with E-state index in [2.05, 4.69) is 0 Å². The molecule has 0 N–H and O–H groups in total. The third-order valence-electron chi connectivity index (χ3n) is 4.31. The lowest BCUT2D eigenvalue weighted by molar-refractivity contribution is -0.275. The SMILES string of the molecule is CCOP(=O)(OCC)[C@H](N(O[C@H](COC)c1ccccc1)C(C)(C)C)C(C)(C)C. The quantitative estimate of drug-likeness (QED) is 0.315. The summed E-state index contributed by atoms with van der Waals surface area (Å²) in [5, 5.41) is 1.80. The molecule has 0 aliphatic heterocycles. The van der Waals surface area contributed by atoms with Gasteiger partial charge in [-0.2, -0.15) is 5.06 Å². The van der Waals surface area contributed by atoms with Crippen LogP contribution in [0.1, 0.15) is 67.1 Å². The Kier molecular flexibility index (Phi) is 10.0. The standard InChI is InChI=1S/C22H40NO5P/c1-10-26-29(24,27-11-2)20(21(3,4)5)23(22(6,7)8)28-19(17-25-9)18-15-13-12-14-16-18/h12-16,19-20H,10-11,17H2,1-9H3/t19-,20+/m1/s1. The van der Waals surface area contributed by atoms with Gasteiger partial charge in [0.15, 0.2) is 0 Å². The Balaban J connectivity index is 3.48. The summed E-state index contributed by atoms with van der Waals surface area (Å²) in [6, 6.07) is 9.90. The molecule has 1 aromatic carbocycles. The van der Waals surface area contributed by atoms with E-state index >= 15 is 0 Å². The molecule has 0 radical (unpaired) electrons. The van der Waals surface area contributed by atoms with Gasteiger partial charge in [-0.1, -0.05) is 51.1 Å². The van der Waals surface area contributed by atoms with Crippen LogP contribution in [0.15, 0.2) is 30.3 Å². The van der Waals surface area contributed by atoms with Crippen LogP contribution in [0.3, 0.4) is 0 Å². The fourth-order valence-corrected chi connectivity index (χ4v) is 5.90. The van der Waals surface area contributed by atoms with Gasteiger partial charge in [-0.3, -0.25) is 9.40 Å². The highest BCUT2D eigenvalue weighted by Crippen LogP contribution is 2.61. The highest BCUT2D eigenvalue weighted by molar-refractivity contribution is 7.54. The first-order chi connectivity index (χ1) is 13.4. The summed E-state index contributed by atoms with van der Waals surface area (Å²) < 4.78 is 30.9.